The molecule has 1 aliphatic rings. The van der Waals surface area contributed by atoms with Gasteiger partial charge in [0.15, 0.2) is 0 Å². The number of nitrogens with two attached hydrogens (primary N) is 1. The van der Waals surface area contributed by atoms with Gasteiger partial charge in [-0.15, -0.1) is 0 Å². The van der Waals surface area contributed by atoms with Crippen LogP contribution in [0.4, 0.5) is 11.8 Å². The first-order chi connectivity index (χ1) is 12.9. The van der Waals surface area contributed by atoms with E-state index in [1.165, 1.54) is 0 Å². The first-order valence-corrected chi connectivity index (χ1v) is 8.68. The van der Waals surface area contributed by atoms with Crippen LogP contribution in [0.1, 0.15) is 17.7 Å². The van der Waals surface area contributed by atoms with Gasteiger partial charge >= 0.3 is 5.97 Å². The van der Waals surface area contributed by atoms with Crippen LogP contribution in [0, 0.1) is 18.8 Å². The summed E-state index contributed by atoms with van der Waals surface area (Å²) in [6.07, 6.45) is 3.60. The van der Waals surface area contributed by atoms with Gasteiger partial charge < -0.3 is 21.1 Å². The van der Waals surface area contributed by atoms with Crippen LogP contribution < -0.4 is 16.0 Å². The van der Waals surface area contributed by atoms with Crippen LogP contribution in [0.3, 0.4) is 0 Å². The molecule has 0 unspecified atom stereocenters. The van der Waals surface area contributed by atoms with Crippen molar-refractivity contribution in [1.29, 1.82) is 0 Å². The minimum absolute atomic E-state index is 0.126. The number of anilines is 2. The largest absolute Gasteiger partial charge is 0.481 e. The molecule has 1 saturated heterocycles. The van der Waals surface area contributed by atoms with Gasteiger partial charge in [0.05, 0.1) is 11.8 Å². The normalized spacial score (nSPS) is 19.5. The molecule has 0 bridgehead atoms. The van der Waals surface area contributed by atoms with E-state index >= 15 is 0 Å². The number of amides is 1. The highest BCUT2D eigenvalue weighted by atomic mass is 16.4. The number of carbonyl (C=O) groups is 2. The van der Waals surface area contributed by atoms with Crippen LogP contribution in [0.2, 0.25) is 0 Å². The van der Waals surface area contributed by atoms with Gasteiger partial charge in [0.25, 0.3) is 0 Å². The van der Waals surface area contributed by atoms with E-state index in [-0.39, 0.29) is 24.8 Å². The van der Waals surface area contributed by atoms with Crippen LogP contribution >= 0.6 is 0 Å². The molecular weight excluding hydrogens is 348 g/mol. The van der Waals surface area contributed by atoms with Crippen molar-refractivity contribution >= 4 is 23.6 Å². The number of hydrogen-bond acceptors (Lipinski definition) is 7. The fraction of sp³-hybridized carbons (Fsp3) is 0.389. The van der Waals surface area contributed by atoms with Crippen LogP contribution in [-0.4, -0.2) is 45.0 Å². The van der Waals surface area contributed by atoms with Gasteiger partial charge in [-0.25, -0.2) is 4.98 Å². The lowest BCUT2D eigenvalue weighted by Crippen LogP contribution is -2.48. The van der Waals surface area contributed by atoms with Crippen molar-refractivity contribution in [1.82, 2.24) is 20.3 Å². The molecule has 1 aliphatic heterocycles. The molecule has 0 aliphatic carbocycles. The highest BCUT2D eigenvalue weighted by Gasteiger charge is 2.35. The minimum atomic E-state index is -0.926. The van der Waals surface area contributed by atoms with Crippen molar-refractivity contribution in [3.8, 4) is 0 Å². The van der Waals surface area contributed by atoms with E-state index in [1.807, 2.05) is 12.1 Å². The molecular formula is C18H22N6O3. The van der Waals surface area contributed by atoms with Gasteiger partial charge in [-0.2, -0.15) is 4.98 Å². The first kappa shape index (κ1) is 18.6. The Hall–Kier alpha value is -3.23. The van der Waals surface area contributed by atoms with E-state index in [0.717, 1.165) is 5.56 Å². The van der Waals surface area contributed by atoms with Crippen molar-refractivity contribution in [3.05, 3.63) is 41.9 Å². The smallest absolute Gasteiger partial charge is 0.308 e. The number of carbonyl (C=O) groups excluding carboxylic acids is 1. The van der Waals surface area contributed by atoms with Gasteiger partial charge in [0.1, 0.15) is 5.82 Å². The lowest BCUT2D eigenvalue weighted by Gasteiger charge is -2.36. The Kier molecular flexibility index (Phi) is 5.49. The third-order valence-electron chi connectivity index (χ3n) is 4.57. The van der Waals surface area contributed by atoms with Gasteiger partial charge in [-0.3, -0.25) is 14.6 Å². The Morgan fingerprint density at radius 2 is 1.96 bits per heavy atom. The molecule has 0 radical (unpaired) electrons. The fourth-order valence-corrected chi connectivity index (χ4v) is 3.23. The number of aromatic nitrogens is 3. The zero-order valence-electron chi connectivity index (χ0n) is 15.0. The minimum Gasteiger partial charge on any atom is -0.481 e. The molecule has 1 amide bonds. The van der Waals surface area contributed by atoms with E-state index in [9.17, 15) is 14.7 Å². The number of rotatable bonds is 5. The molecule has 9 heteroatoms. The second-order valence-corrected chi connectivity index (χ2v) is 6.67. The molecule has 142 valence electrons. The third kappa shape index (κ3) is 4.69. The molecule has 1 fully saturated rings. The predicted octanol–water partition coefficient (Wildman–Crippen LogP) is 0.606. The quantitative estimate of drug-likeness (QED) is 0.697. The lowest BCUT2D eigenvalue weighted by atomic mass is 9.88. The number of nitrogens with zero attached hydrogens (tertiary/aromatic N) is 4. The van der Waals surface area contributed by atoms with Crippen molar-refractivity contribution in [2.75, 3.05) is 23.7 Å². The van der Waals surface area contributed by atoms with Gasteiger partial charge in [-0.1, -0.05) is 0 Å². The number of pyridine rings is 1. The molecule has 4 N–H and O–H groups in total. The number of carboxylic acids is 1. The number of aryl methyl sites for hydroxylation is 1. The summed E-state index contributed by atoms with van der Waals surface area (Å²) in [5.74, 6) is -1.56. The number of nitrogens with one attached hydrogen (secondary N) is 1. The van der Waals surface area contributed by atoms with Gasteiger partial charge in [-0.05, 0) is 31.0 Å². The molecule has 3 heterocycles. The highest BCUT2D eigenvalue weighted by molar-refractivity contribution is 5.81. The molecule has 0 saturated carbocycles. The zero-order chi connectivity index (χ0) is 19.4. The summed E-state index contributed by atoms with van der Waals surface area (Å²) in [4.78, 5) is 38.2. The van der Waals surface area contributed by atoms with Crippen molar-refractivity contribution < 1.29 is 14.7 Å². The molecule has 0 aromatic carbocycles. The second-order valence-electron chi connectivity index (χ2n) is 6.67. The van der Waals surface area contributed by atoms with Gasteiger partial charge in [0, 0.05) is 43.8 Å². The summed E-state index contributed by atoms with van der Waals surface area (Å²) in [7, 11) is 0. The first-order valence-electron chi connectivity index (χ1n) is 8.68. The van der Waals surface area contributed by atoms with E-state index in [2.05, 4.69) is 20.3 Å². The van der Waals surface area contributed by atoms with E-state index in [0.29, 0.717) is 24.6 Å². The summed E-state index contributed by atoms with van der Waals surface area (Å²) in [5, 5.41) is 12.4. The Morgan fingerprint density at radius 3 is 2.63 bits per heavy atom. The molecule has 2 aromatic heterocycles. The van der Waals surface area contributed by atoms with Crippen LogP contribution in [-0.2, 0) is 16.1 Å². The molecule has 0 spiro atoms. The standard InChI is InChI=1S/C18H22N6O3/c1-11-6-15(23-18(19)22-11)24-9-13(7-14(10-24)17(26)27)16(25)21-8-12-2-4-20-5-3-12/h2-6,13-14H,7-10H2,1H3,(H,21,25)(H,26,27)(H2,19,22,23)/t13-,14+/m0/s1. The van der Waals surface area contributed by atoms with Crippen LogP contribution in [0.5, 0.6) is 0 Å². The van der Waals surface area contributed by atoms with Crippen LogP contribution in [0.25, 0.3) is 0 Å². The Morgan fingerprint density at radius 1 is 1.26 bits per heavy atom. The number of aliphatic carboxylic acids is 1. The molecule has 2 aromatic rings. The summed E-state index contributed by atoms with van der Waals surface area (Å²) in [5.41, 5.74) is 7.34. The molecule has 27 heavy (non-hydrogen) atoms. The maximum absolute atomic E-state index is 12.6. The summed E-state index contributed by atoms with van der Waals surface area (Å²) >= 11 is 0. The third-order valence-corrected chi connectivity index (χ3v) is 4.57. The van der Waals surface area contributed by atoms with Crippen molar-refractivity contribution in [2.45, 2.75) is 19.9 Å². The number of carboxylic acid groups (broad SMARTS) is 1. The average Bonchev–Trinajstić information content (AvgIpc) is 2.65. The summed E-state index contributed by atoms with van der Waals surface area (Å²) in [6.45, 7) is 2.81. The maximum atomic E-state index is 12.6. The summed E-state index contributed by atoms with van der Waals surface area (Å²) in [6, 6.07) is 5.38. The topological polar surface area (TPSA) is 134 Å². The Labute approximate surface area is 156 Å². The number of nitrogen functional groups attached to an aromatic ring is 1. The fourth-order valence-electron chi connectivity index (χ4n) is 3.23. The molecule has 2 atom stereocenters. The average molecular weight is 370 g/mol. The number of piperidine rings is 1. The van der Waals surface area contributed by atoms with Crippen molar-refractivity contribution in [3.63, 3.8) is 0 Å². The molecule has 9 nitrogen and oxygen atoms in total. The maximum Gasteiger partial charge on any atom is 0.308 e. The predicted molar refractivity (Wildman–Crippen MR) is 98.7 cm³/mol. The number of hydrogen-bond donors (Lipinski definition) is 3. The highest BCUT2D eigenvalue weighted by Crippen LogP contribution is 2.27. The molecule has 3 rings (SSSR count). The van der Waals surface area contributed by atoms with Gasteiger partial charge in [0.2, 0.25) is 11.9 Å². The van der Waals surface area contributed by atoms with Crippen LogP contribution in [0.15, 0.2) is 30.6 Å². The Balaban J connectivity index is 1.73. The monoisotopic (exact) mass is 370 g/mol. The second kappa shape index (κ2) is 7.98. The lowest BCUT2D eigenvalue weighted by molar-refractivity contribution is -0.143. The van der Waals surface area contributed by atoms with E-state index in [1.54, 1.807) is 30.3 Å². The Bertz CT molecular complexity index is 809. The van der Waals surface area contributed by atoms with E-state index in [4.69, 9.17) is 5.73 Å². The van der Waals surface area contributed by atoms with Crippen molar-refractivity contribution in [2.24, 2.45) is 11.8 Å². The zero-order valence-corrected chi connectivity index (χ0v) is 15.0. The SMILES string of the molecule is Cc1cc(N2C[C@H](C(=O)O)C[C@H](C(=O)NCc3ccncc3)C2)nc(N)n1. The van der Waals surface area contributed by atoms with E-state index < -0.39 is 17.8 Å². The summed E-state index contributed by atoms with van der Waals surface area (Å²) < 4.78 is 0.